The summed E-state index contributed by atoms with van der Waals surface area (Å²) in [7, 11) is 0. The molecule has 4 rings (SSSR count). The van der Waals surface area contributed by atoms with Gasteiger partial charge in [-0.15, -0.1) is 0 Å². The van der Waals surface area contributed by atoms with E-state index < -0.39 is 5.54 Å². The summed E-state index contributed by atoms with van der Waals surface area (Å²) < 4.78 is 2.08. The predicted molar refractivity (Wildman–Crippen MR) is 87.1 cm³/mol. The van der Waals surface area contributed by atoms with Crippen LogP contribution in [0.3, 0.4) is 0 Å². The number of carbonyl (C=O) groups is 2. The summed E-state index contributed by atoms with van der Waals surface area (Å²) in [6.07, 6.45) is 1.38. The third-order valence-corrected chi connectivity index (χ3v) is 5.51. The first-order valence-electron chi connectivity index (χ1n) is 8.74. The number of carbonyl (C=O) groups excluding carboxylic acids is 2. The van der Waals surface area contributed by atoms with E-state index in [0.717, 1.165) is 45.0 Å². The molecule has 3 aliphatic heterocycles. The molecule has 0 aliphatic carbocycles. The number of rotatable bonds is 3. The normalized spacial score (nSPS) is 23.6. The molecule has 1 spiro atoms. The van der Waals surface area contributed by atoms with Crippen molar-refractivity contribution in [3.63, 3.8) is 0 Å². The summed E-state index contributed by atoms with van der Waals surface area (Å²) in [4.78, 5) is 28.3. The van der Waals surface area contributed by atoms with Gasteiger partial charge in [-0.25, -0.2) is 4.79 Å². The van der Waals surface area contributed by atoms with Crippen molar-refractivity contribution in [2.75, 3.05) is 26.2 Å². The van der Waals surface area contributed by atoms with Crippen molar-refractivity contribution in [1.82, 2.24) is 30.2 Å². The second kappa shape index (κ2) is 5.86. The number of imide groups is 1. The molecule has 0 unspecified atom stereocenters. The number of hydrogen-bond donors (Lipinski definition) is 2. The van der Waals surface area contributed by atoms with Crippen LogP contribution in [0.5, 0.6) is 0 Å². The van der Waals surface area contributed by atoms with Crippen LogP contribution < -0.4 is 10.6 Å². The summed E-state index contributed by atoms with van der Waals surface area (Å²) in [5.41, 5.74) is 1.69. The minimum atomic E-state index is -0.639. The molecule has 2 fully saturated rings. The fraction of sp³-hybridized carbons (Fsp3) is 0.688. The number of piperidine rings is 1. The van der Waals surface area contributed by atoms with Crippen molar-refractivity contribution >= 4 is 11.9 Å². The standard InChI is InChI=1S/C16H24N6O2/c1-2-21-15(24)18-14(23)16(21)3-6-20(7-4-16)11-12-9-13-10-17-5-8-22(13)19-12/h9,17H,2-8,10-11H2,1H3,(H,18,23,24). The lowest BCUT2D eigenvalue weighted by atomic mass is 9.86. The lowest BCUT2D eigenvalue weighted by Crippen LogP contribution is -2.56. The van der Waals surface area contributed by atoms with Gasteiger partial charge in [-0.05, 0) is 25.8 Å². The van der Waals surface area contributed by atoms with Gasteiger partial charge in [0.1, 0.15) is 5.54 Å². The Kier molecular flexibility index (Phi) is 3.80. The first-order chi connectivity index (χ1) is 11.6. The Morgan fingerprint density at radius 3 is 2.75 bits per heavy atom. The molecular formula is C16H24N6O2. The fourth-order valence-electron chi connectivity index (χ4n) is 4.18. The topological polar surface area (TPSA) is 82.5 Å². The molecule has 24 heavy (non-hydrogen) atoms. The Morgan fingerprint density at radius 2 is 2.04 bits per heavy atom. The van der Waals surface area contributed by atoms with Crippen LogP contribution in [0.25, 0.3) is 0 Å². The minimum absolute atomic E-state index is 0.127. The second-order valence-corrected chi connectivity index (χ2v) is 6.84. The van der Waals surface area contributed by atoms with Crippen molar-refractivity contribution in [2.24, 2.45) is 0 Å². The molecule has 3 aliphatic rings. The number of aromatic nitrogens is 2. The molecule has 2 N–H and O–H groups in total. The van der Waals surface area contributed by atoms with E-state index in [2.05, 4.69) is 31.4 Å². The number of amides is 3. The number of likely N-dealkylation sites (N-methyl/N-ethyl adjacent to an activating group) is 1. The van der Waals surface area contributed by atoms with Crippen LogP contribution in [0.15, 0.2) is 6.07 Å². The van der Waals surface area contributed by atoms with Crippen molar-refractivity contribution in [3.05, 3.63) is 17.5 Å². The third-order valence-electron chi connectivity index (χ3n) is 5.51. The number of nitrogens with one attached hydrogen (secondary N) is 2. The second-order valence-electron chi connectivity index (χ2n) is 6.84. The number of nitrogens with zero attached hydrogens (tertiary/aromatic N) is 4. The molecule has 0 radical (unpaired) electrons. The zero-order valence-electron chi connectivity index (χ0n) is 14.0. The summed E-state index contributed by atoms with van der Waals surface area (Å²) in [5.74, 6) is -0.127. The largest absolute Gasteiger partial charge is 0.325 e. The highest BCUT2D eigenvalue weighted by atomic mass is 16.2. The maximum absolute atomic E-state index is 12.3. The van der Waals surface area contributed by atoms with Gasteiger partial charge < -0.3 is 10.2 Å². The molecule has 0 aromatic carbocycles. The van der Waals surface area contributed by atoms with E-state index in [0.29, 0.717) is 19.4 Å². The highest BCUT2D eigenvalue weighted by molar-refractivity contribution is 6.07. The summed E-state index contributed by atoms with van der Waals surface area (Å²) in [6, 6.07) is 1.92. The Hall–Kier alpha value is -1.93. The van der Waals surface area contributed by atoms with Gasteiger partial charge in [0.2, 0.25) is 0 Å². The fourth-order valence-corrected chi connectivity index (χ4v) is 4.18. The number of fused-ring (bicyclic) bond motifs is 1. The van der Waals surface area contributed by atoms with Gasteiger partial charge in [-0.3, -0.25) is 19.7 Å². The number of urea groups is 1. The van der Waals surface area contributed by atoms with Gasteiger partial charge in [-0.1, -0.05) is 0 Å². The molecule has 1 aromatic heterocycles. The van der Waals surface area contributed by atoms with Crippen LogP contribution in [0.1, 0.15) is 31.2 Å². The molecule has 3 amide bonds. The molecule has 0 atom stereocenters. The van der Waals surface area contributed by atoms with Crippen LogP contribution in [0.4, 0.5) is 4.79 Å². The molecule has 0 bridgehead atoms. The Morgan fingerprint density at radius 1 is 1.25 bits per heavy atom. The summed E-state index contributed by atoms with van der Waals surface area (Å²) in [6.45, 7) is 7.67. The molecular weight excluding hydrogens is 308 g/mol. The molecule has 1 aromatic rings. The maximum atomic E-state index is 12.3. The Bertz CT molecular complexity index is 638. The van der Waals surface area contributed by atoms with Crippen LogP contribution >= 0.6 is 0 Å². The third kappa shape index (κ3) is 2.41. The van der Waals surface area contributed by atoms with Crippen LogP contribution in [0, 0.1) is 0 Å². The first kappa shape index (κ1) is 15.6. The molecule has 2 saturated heterocycles. The zero-order valence-corrected chi connectivity index (χ0v) is 14.0. The van der Waals surface area contributed by atoms with E-state index in [-0.39, 0.29) is 11.9 Å². The number of likely N-dealkylation sites (tertiary alicyclic amines) is 1. The van der Waals surface area contributed by atoms with E-state index in [9.17, 15) is 9.59 Å². The quantitative estimate of drug-likeness (QED) is 0.755. The average Bonchev–Trinajstić information content (AvgIpc) is 3.08. The SMILES string of the molecule is CCN1C(=O)NC(=O)C12CCN(Cc1cc3n(n1)CCNC3)CC2. The van der Waals surface area contributed by atoms with Gasteiger partial charge in [0, 0.05) is 39.3 Å². The lowest BCUT2D eigenvalue weighted by Gasteiger charge is -2.41. The number of hydrogen-bond acceptors (Lipinski definition) is 5. The van der Waals surface area contributed by atoms with Crippen molar-refractivity contribution in [3.8, 4) is 0 Å². The molecule has 8 nitrogen and oxygen atoms in total. The molecule has 130 valence electrons. The van der Waals surface area contributed by atoms with Crippen LogP contribution in [-0.4, -0.2) is 63.2 Å². The Labute approximate surface area is 141 Å². The first-order valence-corrected chi connectivity index (χ1v) is 8.74. The lowest BCUT2D eigenvalue weighted by molar-refractivity contribution is -0.129. The van der Waals surface area contributed by atoms with Crippen LogP contribution in [0.2, 0.25) is 0 Å². The van der Waals surface area contributed by atoms with E-state index in [1.165, 1.54) is 5.69 Å². The van der Waals surface area contributed by atoms with E-state index >= 15 is 0 Å². The zero-order chi connectivity index (χ0) is 16.7. The van der Waals surface area contributed by atoms with Gasteiger partial charge in [0.05, 0.1) is 17.9 Å². The van der Waals surface area contributed by atoms with E-state index in [1.807, 2.05) is 6.92 Å². The van der Waals surface area contributed by atoms with Crippen molar-refractivity contribution in [1.29, 1.82) is 0 Å². The van der Waals surface area contributed by atoms with E-state index in [4.69, 9.17) is 0 Å². The van der Waals surface area contributed by atoms with Crippen LogP contribution in [-0.2, 0) is 24.4 Å². The van der Waals surface area contributed by atoms with Crippen molar-refractivity contribution < 1.29 is 9.59 Å². The van der Waals surface area contributed by atoms with E-state index in [1.54, 1.807) is 4.90 Å². The highest BCUT2D eigenvalue weighted by Gasteiger charge is 2.53. The summed E-state index contributed by atoms with van der Waals surface area (Å²) >= 11 is 0. The Balaban J connectivity index is 1.42. The molecule has 0 saturated carbocycles. The highest BCUT2D eigenvalue weighted by Crippen LogP contribution is 2.33. The smallest absolute Gasteiger partial charge is 0.310 e. The molecule has 8 heteroatoms. The van der Waals surface area contributed by atoms with Gasteiger partial charge in [0.15, 0.2) is 0 Å². The van der Waals surface area contributed by atoms with Gasteiger partial charge in [0.25, 0.3) is 5.91 Å². The average molecular weight is 332 g/mol. The molecule has 4 heterocycles. The minimum Gasteiger partial charge on any atom is -0.310 e. The predicted octanol–water partition coefficient (Wildman–Crippen LogP) is -0.107. The van der Waals surface area contributed by atoms with Gasteiger partial charge in [-0.2, -0.15) is 5.10 Å². The monoisotopic (exact) mass is 332 g/mol. The van der Waals surface area contributed by atoms with Gasteiger partial charge >= 0.3 is 6.03 Å². The summed E-state index contributed by atoms with van der Waals surface area (Å²) in [5, 5.41) is 10.5. The maximum Gasteiger partial charge on any atom is 0.325 e. The van der Waals surface area contributed by atoms with Crippen molar-refractivity contribution in [2.45, 2.75) is 44.9 Å².